The minimum atomic E-state index is -1.13. The van der Waals surface area contributed by atoms with E-state index >= 15 is 0 Å². The second kappa shape index (κ2) is 6.06. The van der Waals surface area contributed by atoms with Gasteiger partial charge in [0.05, 0.1) is 0 Å². The van der Waals surface area contributed by atoms with Crippen molar-refractivity contribution in [3.8, 4) is 0 Å². The fourth-order valence-corrected chi connectivity index (χ4v) is 0.697. The fraction of sp³-hybridized carbons (Fsp3) is 0.667. The molecule has 0 aromatic heterocycles. The molecule has 0 aliphatic rings. The van der Waals surface area contributed by atoms with E-state index in [0.717, 1.165) is 0 Å². The molecule has 0 rings (SSSR count). The second-order valence-electron chi connectivity index (χ2n) is 2.36. The van der Waals surface area contributed by atoms with Gasteiger partial charge in [0.2, 0.25) is 0 Å². The number of rotatable bonds is 5. The minimum Gasteiger partial charge on any atom is -0.465 e. The highest BCUT2D eigenvalue weighted by Gasteiger charge is 2.07. The van der Waals surface area contributed by atoms with E-state index in [1.54, 1.807) is 7.05 Å². The molecule has 0 aliphatic heterocycles. The van der Waals surface area contributed by atoms with Crippen molar-refractivity contribution < 1.29 is 19.8 Å². The number of nitrogens with one attached hydrogen (secondary N) is 3. The number of likely N-dealkylation sites (N-methyl/N-ethyl adjacent to an activating group) is 1. The highest BCUT2D eigenvalue weighted by atomic mass is 16.4. The molecule has 0 aromatic carbocycles. The van der Waals surface area contributed by atoms with Crippen molar-refractivity contribution >= 4 is 12.2 Å². The summed E-state index contributed by atoms with van der Waals surface area (Å²) in [6.07, 6.45) is -2.26. The summed E-state index contributed by atoms with van der Waals surface area (Å²) in [5.41, 5.74) is 0. The largest absolute Gasteiger partial charge is 0.465 e. The first-order valence-corrected chi connectivity index (χ1v) is 3.67. The van der Waals surface area contributed by atoms with Crippen molar-refractivity contribution in [2.45, 2.75) is 6.04 Å². The predicted octanol–water partition coefficient (Wildman–Crippen LogP) is -0.890. The van der Waals surface area contributed by atoms with Gasteiger partial charge in [-0.2, -0.15) is 0 Å². The van der Waals surface area contributed by atoms with Crippen LogP contribution < -0.4 is 16.0 Å². The molecule has 0 aliphatic carbocycles. The van der Waals surface area contributed by atoms with Gasteiger partial charge in [0.15, 0.2) is 0 Å². The van der Waals surface area contributed by atoms with Gasteiger partial charge in [-0.1, -0.05) is 0 Å². The molecular weight excluding hydrogens is 178 g/mol. The molecule has 0 fully saturated rings. The quantitative estimate of drug-likeness (QED) is 0.387. The van der Waals surface area contributed by atoms with Gasteiger partial charge in [0.1, 0.15) is 0 Å². The van der Waals surface area contributed by atoms with Gasteiger partial charge in [0, 0.05) is 19.1 Å². The zero-order valence-corrected chi connectivity index (χ0v) is 7.20. The van der Waals surface area contributed by atoms with Crippen molar-refractivity contribution in [3.05, 3.63) is 0 Å². The van der Waals surface area contributed by atoms with Crippen LogP contribution in [0.3, 0.4) is 0 Å². The van der Waals surface area contributed by atoms with Crippen LogP contribution in [0, 0.1) is 0 Å². The lowest BCUT2D eigenvalue weighted by Crippen LogP contribution is -2.46. The van der Waals surface area contributed by atoms with Crippen LogP contribution in [0.2, 0.25) is 0 Å². The van der Waals surface area contributed by atoms with Gasteiger partial charge in [-0.05, 0) is 7.05 Å². The van der Waals surface area contributed by atoms with Crippen LogP contribution in [0.25, 0.3) is 0 Å². The Morgan fingerprint density at radius 3 is 1.77 bits per heavy atom. The van der Waals surface area contributed by atoms with E-state index in [1.807, 2.05) is 0 Å². The molecule has 7 heteroatoms. The van der Waals surface area contributed by atoms with E-state index in [9.17, 15) is 9.59 Å². The van der Waals surface area contributed by atoms with E-state index in [1.165, 1.54) is 0 Å². The molecule has 0 atom stereocenters. The summed E-state index contributed by atoms with van der Waals surface area (Å²) in [5.74, 6) is 0. The molecule has 0 saturated heterocycles. The summed E-state index contributed by atoms with van der Waals surface area (Å²) in [6, 6.07) is -0.243. The monoisotopic (exact) mass is 191 g/mol. The Morgan fingerprint density at radius 1 is 1.15 bits per heavy atom. The Hall–Kier alpha value is -1.50. The summed E-state index contributed by atoms with van der Waals surface area (Å²) >= 11 is 0. The zero-order valence-electron chi connectivity index (χ0n) is 7.20. The summed E-state index contributed by atoms with van der Waals surface area (Å²) in [6.45, 7) is 0.318. The molecule has 0 heterocycles. The van der Waals surface area contributed by atoms with Crippen molar-refractivity contribution in [1.29, 1.82) is 0 Å². The Labute approximate surface area is 75.1 Å². The number of hydrogen-bond donors (Lipinski definition) is 5. The summed E-state index contributed by atoms with van der Waals surface area (Å²) < 4.78 is 0. The average Bonchev–Trinajstić information content (AvgIpc) is 2.04. The SMILES string of the molecule is CNC(CNC(=O)O)CNC(=O)O. The number of hydrogen-bond acceptors (Lipinski definition) is 3. The lowest BCUT2D eigenvalue weighted by molar-refractivity contribution is 0.191. The molecule has 0 radical (unpaired) electrons. The van der Waals surface area contributed by atoms with Crippen LogP contribution in [0.5, 0.6) is 0 Å². The summed E-state index contributed by atoms with van der Waals surface area (Å²) in [7, 11) is 1.62. The third-order valence-corrected chi connectivity index (χ3v) is 1.41. The third kappa shape index (κ3) is 6.88. The fourth-order valence-electron chi connectivity index (χ4n) is 0.697. The maximum atomic E-state index is 10.1. The van der Waals surface area contributed by atoms with Gasteiger partial charge < -0.3 is 26.2 Å². The Kier molecular flexibility index (Phi) is 5.37. The topological polar surface area (TPSA) is 111 Å². The molecule has 0 unspecified atom stereocenters. The van der Waals surface area contributed by atoms with Crippen LogP contribution in [0.15, 0.2) is 0 Å². The van der Waals surface area contributed by atoms with Crippen LogP contribution in [0.1, 0.15) is 0 Å². The first-order chi connectivity index (χ1) is 6.06. The maximum Gasteiger partial charge on any atom is 0.404 e. The number of carbonyl (C=O) groups is 2. The molecule has 5 N–H and O–H groups in total. The maximum absolute atomic E-state index is 10.1. The molecule has 7 nitrogen and oxygen atoms in total. The van der Waals surface area contributed by atoms with E-state index in [-0.39, 0.29) is 19.1 Å². The average molecular weight is 191 g/mol. The zero-order chi connectivity index (χ0) is 10.3. The molecule has 2 amide bonds. The van der Waals surface area contributed by atoms with Crippen LogP contribution in [-0.4, -0.2) is 48.6 Å². The highest BCUT2D eigenvalue weighted by molar-refractivity contribution is 5.65. The Bertz CT molecular complexity index is 167. The third-order valence-electron chi connectivity index (χ3n) is 1.41. The first kappa shape index (κ1) is 11.5. The molecular formula is C6H13N3O4. The van der Waals surface area contributed by atoms with E-state index in [2.05, 4.69) is 16.0 Å². The van der Waals surface area contributed by atoms with Gasteiger partial charge in [-0.15, -0.1) is 0 Å². The lowest BCUT2D eigenvalue weighted by atomic mass is 10.3. The van der Waals surface area contributed by atoms with Crippen molar-refractivity contribution in [3.63, 3.8) is 0 Å². The molecule has 0 spiro atoms. The van der Waals surface area contributed by atoms with Crippen LogP contribution in [-0.2, 0) is 0 Å². The summed E-state index contributed by atoms with van der Waals surface area (Å²) in [5, 5.41) is 23.6. The van der Waals surface area contributed by atoms with Crippen molar-refractivity contribution in [2.24, 2.45) is 0 Å². The van der Waals surface area contributed by atoms with Gasteiger partial charge in [0.25, 0.3) is 0 Å². The standard InChI is InChI=1S/C6H13N3O4/c1-7-4(2-8-5(10)11)3-9-6(12)13/h4,7-9H,2-3H2,1H3,(H,10,11)(H,12,13). The van der Waals surface area contributed by atoms with E-state index < -0.39 is 12.2 Å². The lowest BCUT2D eigenvalue weighted by Gasteiger charge is -2.15. The molecule has 13 heavy (non-hydrogen) atoms. The predicted molar refractivity (Wildman–Crippen MR) is 44.9 cm³/mol. The smallest absolute Gasteiger partial charge is 0.404 e. The van der Waals surface area contributed by atoms with Crippen molar-refractivity contribution in [1.82, 2.24) is 16.0 Å². The van der Waals surface area contributed by atoms with Crippen molar-refractivity contribution in [2.75, 3.05) is 20.1 Å². The molecule has 76 valence electrons. The van der Waals surface area contributed by atoms with E-state index in [0.29, 0.717) is 0 Å². The molecule has 0 aromatic rings. The molecule has 0 bridgehead atoms. The Balaban J connectivity index is 3.63. The first-order valence-electron chi connectivity index (χ1n) is 3.67. The van der Waals surface area contributed by atoms with Gasteiger partial charge >= 0.3 is 12.2 Å². The van der Waals surface area contributed by atoms with Crippen LogP contribution in [0.4, 0.5) is 9.59 Å². The normalized spacial score (nSPS) is 9.69. The number of carboxylic acid groups (broad SMARTS) is 2. The van der Waals surface area contributed by atoms with Crippen LogP contribution >= 0.6 is 0 Å². The van der Waals surface area contributed by atoms with Gasteiger partial charge in [-0.25, -0.2) is 9.59 Å². The molecule has 0 saturated carbocycles. The Morgan fingerprint density at radius 2 is 1.54 bits per heavy atom. The minimum absolute atomic E-state index is 0.159. The second-order valence-corrected chi connectivity index (χ2v) is 2.36. The number of amides is 2. The van der Waals surface area contributed by atoms with Gasteiger partial charge in [-0.3, -0.25) is 0 Å². The summed E-state index contributed by atoms with van der Waals surface area (Å²) in [4.78, 5) is 20.2. The highest BCUT2D eigenvalue weighted by Crippen LogP contribution is 1.78. The van der Waals surface area contributed by atoms with E-state index in [4.69, 9.17) is 10.2 Å².